The van der Waals surface area contributed by atoms with Crippen molar-refractivity contribution in [2.45, 2.75) is 51.1 Å². The lowest BCUT2D eigenvalue weighted by Crippen LogP contribution is -2.57. The van der Waals surface area contributed by atoms with Gasteiger partial charge in [0, 0.05) is 23.9 Å². The van der Waals surface area contributed by atoms with E-state index in [0.29, 0.717) is 6.04 Å². The van der Waals surface area contributed by atoms with Crippen molar-refractivity contribution in [3.05, 3.63) is 0 Å². The molecule has 0 spiro atoms. The van der Waals surface area contributed by atoms with E-state index in [1.54, 1.807) is 0 Å². The second kappa shape index (κ2) is 6.27. The molecule has 2 nitrogen and oxygen atoms in total. The highest BCUT2D eigenvalue weighted by atomic mass is 32.2. The smallest absolute Gasteiger partial charge is 0.0332 e. The third kappa shape index (κ3) is 3.14. The molecular weight excluding hydrogens is 216 g/mol. The van der Waals surface area contributed by atoms with Crippen molar-refractivity contribution >= 4 is 11.8 Å². The monoisotopic (exact) mass is 244 g/mol. The Bertz CT molecular complexity index is 200. The molecule has 0 saturated heterocycles. The van der Waals surface area contributed by atoms with Gasteiger partial charge in [-0.05, 0) is 51.8 Å². The molecule has 0 heterocycles. The van der Waals surface area contributed by atoms with Crippen LogP contribution in [0.25, 0.3) is 0 Å². The highest BCUT2D eigenvalue weighted by Gasteiger charge is 2.38. The molecular formula is C13H28N2S. The van der Waals surface area contributed by atoms with Crippen LogP contribution in [0.3, 0.4) is 0 Å². The fraction of sp³-hybridized carbons (Fsp3) is 1.00. The number of likely N-dealkylation sites (N-methyl/N-ethyl adjacent to an activating group) is 1. The molecule has 1 aliphatic rings. The van der Waals surface area contributed by atoms with E-state index in [2.05, 4.69) is 32.1 Å². The first kappa shape index (κ1) is 14.3. The molecule has 3 heteroatoms. The second-order valence-electron chi connectivity index (χ2n) is 5.53. The van der Waals surface area contributed by atoms with Crippen molar-refractivity contribution in [3.8, 4) is 0 Å². The van der Waals surface area contributed by atoms with Crippen LogP contribution < -0.4 is 5.73 Å². The van der Waals surface area contributed by atoms with E-state index in [1.165, 1.54) is 31.4 Å². The summed E-state index contributed by atoms with van der Waals surface area (Å²) in [5.74, 6) is 2.09. The Morgan fingerprint density at radius 1 is 1.44 bits per heavy atom. The van der Waals surface area contributed by atoms with Crippen molar-refractivity contribution in [1.29, 1.82) is 0 Å². The predicted molar refractivity (Wildman–Crippen MR) is 75.0 cm³/mol. The van der Waals surface area contributed by atoms with Gasteiger partial charge in [-0.2, -0.15) is 11.8 Å². The van der Waals surface area contributed by atoms with Gasteiger partial charge >= 0.3 is 0 Å². The van der Waals surface area contributed by atoms with E-state index in [1.807, 2.05) is 11.8 Å². The highest BCUT2D eigenvalue weighted by Crippen LogP contribution is 2.36. The molecule has 1 aliphatic carbocycles. The summed E-state index contributed by atoms with van der Waals surface area (Å²) in [7, 11) is 2.27. The van der Waals surface area contributed by atoms with E-state index < -0.39 is 0 Å². The molecule has 1 saturated carbocycles. The Kier molecular flexibility index (Phi) is 5.62. The van der Waals surface area contributed by atoms with Crippen molar-refractivity contribution < 1.29 is 0 Å². The van der Waals surface area contributed by atoms with Crippen LogP contribution in [0.2, 0.25) is 0 Å². The SMILES string of the molecule is CSCC(C)N(C)C1(CN)CCC(C)CC1. The van der Waals surface area contributed by atoms with Gasteiger partial charge in [-0.1, -0.05) is 6.92 Å². The fourth-order valence-electron chi connectivity index (χ4n) is 2.82. The Morgan fingerprint density at radius 3 is 2.44 bits per heavy atom. The molecule has 96 valence electrons. The van der Waals surface area contributed by atoms with Gasteiger partial charge in [-0.25, -0.2) is 0 Å². The number of nitrogens with zero attached hydrogens (tertiary/aromatic N) is 1. The van der Waals surface area contributed by atoms with Gasteiger partial charge in [-0.3, -0.25) is 4.90 Å². The van der Waals surface area contributed by atoms with Gasteiger partial charge in [0.05, 0.1) is 0 Å². The minimum atomic E-state index is 0.279. The molecule has 1 atom stereocenters. The summed E-state index contributed by atoms with van der Waals surface area (Å²) in [4.78, 5) is 2.55. The summed E-state index contributed by atoms with van der Waals surface area (Å²) in [6.07, 6.45) is 7.42. The second-order valence-corrected chi connectivity index (χ2v) is 6.44. The maximum absolute atomic E-state index is 6.07. The largest absolute Gasteiger partial charge is 0.329 e. The number of rotatable bonds is 5. The van der Waals surface area contributed by atoms with Gasteiger partial charge in [0.1, 0.15) is 0 Å². The molecule has 0 aromatic heterocycles. The topological polar surface area (TPSA) is 29.3 Å². The van der Waals surface area contributed by atoms with Crippen LogP contribution >= 0.6 is 11.8 Å². The summed E-state index contributed by atoms with van der Waals surface area (Å²) in [5.41, 5.74) is 6.35. The molecule has 0 amide bonds. The Hall–Kier alpha value is 0.270. The third-order valence-corrected chi connectivity index (χ3v) is 5.22. The average Bonchev–Trinajstić information content (AvgIpc) is 2.30. The van der Waals surface area contributed by atoms with Crippen molar-refractivity contribution in [2.75, 3.05) is 25.6 Å². The first-order valence-corrected chi connectivity index (χ1v) is 7.87. The Labute approximate surface area is 105 Å². The van der Waals surface area contributed by atoms with Crippen molar-refractivity contribution in [3.63, 3.8) is 0 Å². The first-order valence-electron chi connectivity index (χ1n) is 6.47. The number of hydrogen-bond acceptors (Lipinski definition) is 3. The zero-order valence-electron chi connectivity index (χ0n) is 11.3. The number of thioether (sulfide) groups is 1. The standard InChI is InChI=1S/C13H28N2S/c1-11-5-7-13(10-14,8-6-11)15(3)12(2)9-16-4/h11-12H,5-10,14H2,1-4H3. The Balaban J connectivity index is 2.64. The molecule has 2 N–H and O–H groups in total. The van der Waals surface area contributed by atoms with Crippen molar-refractivity contribution in [2.24, 2.45) is 11.7 Å². The average molecular weight is 244 g/mol. The van der Waals surface area contributed by atoms with Gasteiger partial charge in [0.2, 0.25) is 0 Å². The molecule has 1 rings (SSSR count). The minimum absolute atomic E-state index is 0.279. The summed E-state index contributed by atoms with van der Waals surface area (Å²) < 4.78 is 0. The maximum Gasteiger partial charge on any atom is 0.0332 e. The maximum atomic E-state index is 6.07. The first-order chi connectivity index (χ1) is 7.55. The van der Waals surface area contributed by atoms with Gasteiger partial charge in [-0.15, -0.1) is 0 Å². The molecule has 1 fully saturated rings. The quantitative estimate of drug-likeness (QED) is 0.806. The lowest BCUT2D eigenvalue weighted by Gasteiger charge is -2.48. The highest BCUT2D eigenvalue weighted by molar-refractivity contribution is 7.98. The van der Waals surface area contributed by atoms with Crippen LogP contribution in [-0.2, 0) is 0 Å². The molecule has 0 aliphatic heterocycles. The molecule has 0 aromatic rings. The summed E-state index contributed by atoms with van der Waals surface area (Å²) in [6.45, 7) is 5.51. The van der Waals surface area contributed by atoms with E-state index in [0.717, 1.165) is 12.5 Å². The number of nitrogens with two attached hydrogens (primary N) is 1. The van der Waals surface area contributed by atoms with Crippen LogP contribution in [0.4, 0.5) is 0 Å². The molecule has 0 radical (unpaired) electrons. The van der Waals surface area contributed by atoms with Crippen LogP contribution in [0.1, 0.15) is 39.5 Å². The van der Waals surface area contributed by atoms with E-state index >= 15 is 0 Å². The van der Waals surface area contributed by atoms with E-state index in [-0.39, 0.29) is 5.54 Å². The lowest BCUT2D eigenvalue weighted by atomic mass is 9.76. The van der Waals surface area contributed by atoms with Gasteiger partial charge in [0.25, 0.3) is 0 Å². The molecule has 0 aromatic carbocycles. The van der Waals surface area contributed by atoms with Crippen molar-refractivity contribution in [1.82, 2.24) is 4.90 Å². The van der Waals surface area contributed by atoms with Gasteiger partial charge in [0.15, 0.2) is 0 Å². The molecule has 1 unspecified atom stereocenters. The minimum Gasteiger partial charge on any atom is -0.329 e. The predicted octanol–water partition coefficient (Wildman–Crippen LogP) is 2.58. The fourth-order valence-corrected chi connectivity index (χ4v) is 3.53. The molecule has 0 bridgehead atoms. The molecule has 16 heavy (non-hydrogen) atoms. The lowest BCUT2D eigenvalue weighted by molar-refractivity contribution is 0.0452. The number of hydrogen-bond donors (Lipinski definition) is 1. The summed E-state index contributed by atoms with van der Waals surface area (Å²) >= 11 is 1.93. The van der Waals surface area contributed by atoms with Crippen LogP contribution in [-0.4, -0.2) is 42.1 Å². The van der Waals surface area contributed by atoms with Gasteiger partial charge < -0.3 is 5.73 Å². The summed E-state index contributed by atoms with van der Waals surface area (Å²) in [5, 5.41) is 0. The Morgan fingerprint density at radius 2 is 2.00 bits per heavy atom. The zero-order chi connectivity index (χ0) is 12.2. The zero-order valence-corrected chi connectivity index (χ0v) is 12.1. The summed E-state index contributed by atoms with van der Waals surface area (Å²) in [6, 6.07) is 0.631. The van der Waals surface area contributed by atoms with Crippen LogP contribution in [0.5, 0.6) is 0 Å². The normalized spacial score (nSPS) is 33.0. The van der Waals surface area contributed by atoms with Crippen LogP contribution in [0, 0.1) is 5.92 Å². The third-order valence-electron chi connectivity index (χ3n) is 4.40. The van der Waals surface area contributed by atoms with Crippen LogP contribution in [0.15, 0.2) is 0 Å². The van der Waals surface area contributed by atoms with E-state index in [4.69, 9.17) is 5.73 Å². The van der Waals surface area contributed by atoms with E-state index in [9.17, 15) is 0 Å².